The molecule has 0 heterocycles. The number of carbonyl (C=O) groups is 1. The summed E-state index contributed by atoms with van der Waals surface area (Å²) in [4.78, 5) is 10.4. The van der Waals surface area contributed by atoms with Gasteiger partial charge in [-0.25, -0.2) is 0 Å². The Hall–Kier alpha value is -0.180. The summed E-state index contributed by atoms with van der Waals surface area (Å²) < 4.78 is -0.806. The topological polar surface area (TPSA) is 37.3 Å². The maximum Gasteiger partial charge on any atom is 0.320 e. The molecular formula is C6H9O2S. The van der Waals surface area contributed by atoms with Crippen LogP contribution in [0.15, 0.2) is 0 Å². The molecule has 2 nitrogen and oxygen atoms in total. The van der Waals surface area contributed by atoms with Gasteiger partial charge in [-0.2, -0.15) is 0 Å². The second kappa shape index (κ2) is 2.21. The van der Waals surface area contributed by atoms with Gasteiger partial charge in [-0.05, 0) is 12.8 Å². The summed E-state index contributed by atoms with van der Waals surface area (Å²) in [5.41, 5.74) is 0. The van der Waals surface area contributed by atoms with Crippen LogP contribution in [0.4, 0.5) is 0 Å². The number of hydrogen-bond donors (Lipinski definition) is 1. The van der Waals surface area contributed by atoms with Gasteiger partial charge in [-0.3, -0.25) is 4.79 Å². The van der Waals surface area contributed by atoms with Crippen LogP contribution in [-0.4, -0.2) is 15.8 Å². The van der Waals surface area contributed by atoms with Crippen molar-refractivity contribution in [2.45, 2.75) is 30.4 Å². The van der Waals surface area contributed by atoms with E-state index >= 15 is 0 Å². The smallest absolute Gasteiger partial charge is 0.320 e. The fourth-order valence-electron chi connectivity index (χ4n) is 1.16. The highest BCUT2D eigenvalue weighted by molar-refractivity contribution is 7.82. The molecule has 51 valence electrons. The van der Waals surface area contributed by atoms with Gasteiger partial charge in [-0.15, -0.1) is 0 Å². The van der Waals surface area contributed by atoms with E-state index in [0.717, 1.165) is 12.8 Å². The zero-order valence-electron chi connectivity index (χ0n) is 5.09. The number of aliphatic carboxylic acids is 1. The minimum absolute atomic E-state index is 0.678. The van der Waals surface area contributed by atoms with E-state index in [-0.39, 0.29) is 0 Å². The third kappa shape index (κ3) is 1.21. The molecule has 1 radical (unpaired) electrons. The normalized spacial score (nSPS) is 24.1. The number of carboxylic acids is 1. The molecule has 3 heteroatoms. The highest BCUT2D eigenvalue weighted by Gasteiger charge is 2.38. The SMILES string of the molecule is O=C(O)C1([S])CCCC1. The molecule has 0 aromatic heterocycles. The van der Waals surface area contributed by atoms with Crippen LogP contribution in [0.1, 0.15) is 25.7 Å². The third-order valence-electron chi connectivity index (χ3n) is 1.80. The Balaban J connectivity index is 2.61. The molecule has 0 aromatic carbocycles. The summed E-state index contributed by atoms with van der Waals surface area (Å²) in [6.07, 6.45) is 3.32. The van der Waals surface area contributed by atoms with Gasteiger partial charge < -0.3 is 5.11 Å². The van der Waals surface area contributed by atoms with Gasteiger partial charge in [0, 0.05) is 0 Å². The molecule has 1 aliphatic rings. The quantitative estimate of drug-likeness (QED) is 0.608. The van der Waals surface area contributed by atoms with Gasteiger partial charge in [0.1, 0.15) is 4.75 Å². The molecule has 1 fully saturated rings. The van der Waals surface area contributed by atoms with Crippen LogP contribution in [0.25, 0.3) is 0 Å². The van der Waals surface area contributed by atoms with E-state index < -0.39 is 10.7 Å². The van der Waals surface area contributed by atoms with Crippen LogP contribution in [0.2, 0.25) is 0 Å². The molecule has 0 unspecified atom stereocenters. The Kier molecular flexibility index (Phi) is 1.70. The minimum atomic E-state index is -0.810. The van der Waals surface area contributed by atoms with Gasteiger partial charge in [0.25, 0.3) is 0 Å². The van der Waals surface area contributed by atoms with Crippen molar-refractivity contribution in [2.75, 3.05) is 0 Å². The molecule has 1 saturated carbocycles. The van der Waals surface area contributed by atoms with Crippen LogP contribution in [0.5, 0.6) is 0 Å². The summed E-state index contributed by atoms with van der Waals surface area (Å²) >= 11 is 4.89. The maximum absolute atomic E-state index is 10.4. The average molecular weight is 145 g/mol. The lowest BCUT2D eigenvalue weighted by Gasteiger charge is -2.13. The zero-order chi connectivity index (χ0) is 6.91. The lowest BCUT2D eigenvalue weighted by Crippen LogP contribution is -2.28. The summed E-state index contributed by atoms with van der Waals surface area (Å²) in [6.45, 7) is 0. The molecule has 1 aliphatic carbocycles. The van der Waals surface area contributed by atoms with Crippen molar-refractivity contribution < 1.29 is 9.90 Å². The van der Waals surface area contributed by atoms with Gasteiger partial charge in [0.15, 0.2) is 0 Å². The second-order valence-electron chi connectivity index (χ2n) is 2.51. The minimum Gasteiger partial charge on any atom is -0.480 e. The Morgan fingerprint density at radius 3 is 2.11 bits per heavy atom. The molecule has 0 saturated heterocycles. The highest BCUT2D eigenvalue weighted by atomic mass is 32.1. The van der Waals surface area contributed by atoms with Crippen LogP contribution in [0.3, 0.4) is 0 Å². The fourth-order valence-corrected chi connectivity index (χ4v) is 1.45. The van der Waals surface area contributed by atoms with E-state index in [1.54, 1.807) is 0 Å². The summed E-state index contributed by atoms with van der Waals surface area (Å²) in [7, 11) is 0. The van der Waals surface area contributed by atoms with E-state index in [9.17, 15) is 4.79 Å². The van der Waals surface area contributed by atoms with Crippen molar-refractivity contribution in [3.05, 3.63) is 0 Å². The fraction of sp³-hybridized carbons (Fsp3) is 0.833. The van der Waals surface area contributed by atoms with Gasteiger partial charge in [0.05, 0.1) is 0 Å². The monoisotopic (exact) mass is 145 g/mol. The van der Waals surface area contributed by atoms with Crippen LogP contribution in [-0.2, 0) is 4.79 Å². The number of hydrogen-bond acceptors (Lipinski definition) is 1. The van der Waals surface area contributed by atoms with Crippen LogP contribution < -0.4 is 0 Å². The molecule has 0 amide bonds. The lowest BCUT2D eigenvalue weighted by atomic mass is 10.1. The van der Waals surface area contributed by atoms with Gasteiger partial charge >= 0.3 is 5.97 Å². The van der Waals surface area contributed by atoms with E-state index in [2.05, 4.69) is 0 Å². The van der Waals surface area contributed by atoms with Crippen LogP contribution >= 0.6 is 12.6 Å². The third-order valence-corrected chi connectivity index (χ3v) is 2.38. The molecule has 0 atom stereocenters. The van der Waals surface area contributed by atoms with Crippen molar-refractivity contribution in [1.82, 2.24) is 0 Å². The molecule has 1 rings (SSSR count). The van der Waals surface area contributed by atoms with Gasteiger partial charge in [0.2, 0.25) is 0 Å². The summed E-state index contributed by atoms with van der Waals surface area (Å²) in [5.74, 6) is -0.810. The molecule has 0 spiro atoms. The predicted molar refractivity (Wildman–Crippen MR) is 36.4 cm³/mol. The van der Waals surface area contributed by atoms with Crippen LogP contribution in [0, 0.1) is 0 Å². The summed E-state index contributed by atoms with van der Waals surface area (Å²) in [6, 6.07) is 0. The van der Waals surface area contributed by atoms with Gasteiger partial charge in [-0.1, -0.05) is 25.5 Å². The molecule has 1 N–H and O–H groups in total. The first-order chi connectivity index (χ1) is 4.15. The van der Waals surface area contributed by atoms with E-state index in [4.69, 9.17) is 17.7 Å². The van der Waals surface area contributed by atoms with Crippen molar-refractivity contribution in [3.8, 4) is 0 Å². The molecule has 0 aromatic rings. The lowest BCUT2D eigenvalue weighted by molar-refractivity contribution is -0.139. The van der Waals surface area contributed by atoms with E-state index in [1.165, 1.54) is 0 Å². The predicted octanol–water partition coefficient (Wildman–Crippen LogP) is 1.58. The molecule has 0 bridgehead atoms. The van der Waals surface area contributed by atoms with Crippen molar-refractivity contribution >= 4 is 18.6 Å². The van der Waals surface area contributed by atoms with Crippen molar-refractivity contribution in [2.24, 2.45) is 0 Å². The number of carboxylic acid groups (broad SMARTS) is 1. The molecular weight excluding hydrogens is 136 g/mol. The first-order valence-electron chi connectivity index (χ1n) is 3.09. The zero-order valence-corrected chi connectivity index (χ0v) is 5.91. The van der Waals surface area contributed by atoms with Crippen molar-refractivity contribution in [1.29, 1.82) is 0 Å². The average Bonchev–Trinajstić information content (AvgIpc) is 2.16. The highest BCUT2D eigenvalue weighted by Crippen LogP contribution is 2.35. The largest absolute Gasteiger partial charge is 0.480 e. The van der Waals surface area contributed by atoms with E-state index in [1.807, 2.05) is 0 Å². The molecule has 9 heavy (non-hydrogen) atoms. The first-order valence-corrected chi connectivity index (χ1v) is 3.50. The second-order valence-corrected chi connectivity index (χ2v) is 3.29. The Bertz CT molecular complexity index is 127. The Morgan fingerprint density at radius 2 is 1.89 bits per heavy atom. The first kappa shape index (κ1) is 6.93. The Labute approximate surface area is 59.7 Å². The van der Waals surface area contributed by atoms with E-state index in [0.29, 0.717) is 12.8 Å². The molecule has 0 aliphatic heterocycles. The standard InChI is InChI=1S/C6H9O2S/c7-5(8)6(9)3-1-2-4-6/h1-4H2,(H,7,8). The summed E-state index contributed by atoms with van der Waals surface area (Å²) in [5, 5.41) is 8.57. The Morgan fingerprint density at radius 1 is 1.44 bits per heavy atom. The maximum atomic E-state index is 10.4. The van der Waals surface area contributed by atoms with Crippen molar-refractivity contribution in [3.63, 3.8) is 0 Å². The number of rotatable bonds is 1.